The molecule has 0 saturated carbocycles. The lowest BCUT2D eigenvalue weighted by Crippen LogP contribution is -2.06. The molecule has 0 aliphatic heterocycles. The Bertz CT molecular complexity index is 136. The van der Waals surface area contributed by atoms with Crippen molar-refractivity contribution < 1.29 is 19.1 Å². The summed E-state index contributed by atoms with van der Waals surface area (Å²) >= 11 is 0. The van der Waals surface area contributed by atoms with Gasteiger partial charge in [0.1, 0.15) is 0 Å². The summed E-state index contributed by atoms with van der Waals surface area (Å²) in [4.78, 5) is 21.8. The molecule has 98 valence electrons. The standard InChI is InChI=1S/C4H10O2.2C3H7NO/c1-4(5-2)6-3;2*1-4(2)3-5/h4H,1-3H3;2*3H,1-2H3. The van der Waals surface area contributed by atoms with Crippen molar-refractivity contribution >= 4 is 12.8 Å². The fraction of sp³-hybridized carbons (Fsp3) is 0.800. The number of carbonyl (C=O) groups is 2. The first-order valence-electron chi connectivity index (χ1n) is 4.64. The molecule has 0 aromatic heterocycles. The van der Waals surface area contributed by atoms with Crippen molar-refractivity contribution in [2.24, 2.45) is 0 Å². The maximum absolute atomic E-state index is 9.43. The summed E-state index contributed by atoms with van der Waals surface area (Å²) in [5.41, 5.74) is 0. The predicted octanol–water partition coefficient (Wildman–Crippen LogP) is 0.0340. The minimum absolute atomic E-state index is 0.0648. The van der Waals surface area contributed by atoms with Crippen LogP contribution in [0.2, 0.25) is 0 Å². The van der Waals surface area contributed by atoms with E-state index in [0.717, 1.165) is 12.8 Å². The molecule has 0 rings (SSSR count). The van der Waals surface area contributed by atoms with Crippen LogP contribution < -0.4 is 0 Å². The minimum atomic E-state index is -0.0648. The third-order valence-electron chi connectivity index (χ3n) is 1.09. The van der Waals surface area contributed by atoms with Crippen molar-refractivity contribution in [2.75, 3.05) is 42.4 Å². The second-order valence-electron chi connectivity index (χ2n) is 3.18. The van der Waals surface area contributed by atoms with Gasteiger partial charge in [-0.2, -0.15) is 0 Å². The van der Waals surface area contributed by atoms with Gasteiger partial charge in [0, 0.05) is 42.4 Å². The molecule has 0 spiro atoms. The first kappa shape index (κ1) is 20.3. The lowest BCUT2D eigenvalue weighted by atomic mass is 10.8. The first-order chi connectivity index (χ1) is 7.35. The van der Waals surface area contributed by atoms with Crippen LogP contribution in [0, 0.1) is 0 Å². The maximum Gasteiger partial charge on any atom is 0.209 e. The lowest BCUT2D eigenvalue weighted by molar-refractivity contribution is -0.116. The van der Waals surface area contributed by atoms with E-state index >= 15 is 0 Å². The highest BCUT2D eigenvalue weighted by molar-refractivity contribution is 5.45. The van der Waals surface area contributed by atoms with Gasteiger partial charge < -0.3 is 19.3 Å². The number of hydrogen-bond acceptors (Lipinski definition) is 4. The SMILES string of the molecule is CN(C)C=O.CN(C)C=O.COC(C)OC. The molecule has 0 heterocycles. The zero-order valence-corrected chi connectivity index (χ0v) is 11.3. The molecule has 0 aliphatic rings. The highest BCUT2D eigenvalue weighted by atomic mass is 16.7. The topological polar surface area (TPSA) is 59.1 Å². The summed E-state index contributed by atoms with van der Waals surface area (Å²) in [7, 11) is 9.96. The van der Waals surface area contributed by atoms with Gasteiger partial charge in [-0.3, -0.25) is 9.59 Å². The van der Waals surface area contributed by atoms with Crippen molar-refractivity contribution in [1.82, 2.24) is 9.80 Å². The normalized spacial score (nSPS) is 8.00. The number of carbonyl (C=O) groups excluding carboxylic acids is 2. The number of ether oxygens (including phenoxy) is 2. The summed E-state index contributed by atoms with van der Waals surface area (Å²) in [5.74, 6) is 0. The van der Waals surface area contributed by atoms with E-state index in [-0.39, 0.29) is 6.29 Å². The average molecular weight is 236 g/mol. The van der Waals surface area contributed by atoms with Gasteiger partial charge in [0.15, 0.2) is 6.29 Å². The van der Waals surface area contributed by atoms with Crippen LogP contribution in [0.25, 0.3) is 0 Å². The van der Waals surface area contributed by atoms with E-state index in [4.69, 9.17) is 0 Å². The van der Waals surface area contributed by atoms with Crippen LogP contribution in [0.1, 0.15) is 6.92 Å². The number of hydrogen-bond donors (Lipinski definition) is 0. The molecule has 2 amide bonds. The molecule has 0 aromatic rings. The molecule has 0 aromatic carbocycles. The van der Waals surface area contributed by atoms with Crippen LogP contribution >= 0.6 is 0 Å². The Morgan fingerprint density at radius 2 is 1.06 bits per heavy atom. The molecule has 0 N–H and O–H groups in total. The lowest BCUT2D eigenvalue weighted by Gasteiger charge is -2.03. The van der Waals surface area contributed by atoms with Gasteiger partial charge in [-0.25, -0.2) is 0 Å². The molecule has 0 aliphatic carbocycles. The molecule has 0 unspecified atom stereocenters. The highest BCUT2D eigenvalue weighted by Gasteiger charge is 1.87. The van der Waals surface area contributed by atoms with E-state index in [2.05, 4.69) is 9.47 Å². The molecule has 6 nitrogen and oxygen atoms in total. The Balaban J connectivity index is -0.000000160. The van der Waals surface area contributed by atoms with Crippen molar-refractivity contribution in [2.45, 2.75) is 13.2 Å². The van der Waals surface area contributed by atoms with E-state index in [9.17, 15) is 9.59 Å². The summed E-state index contributed by atoms with van der Waals surface area (Å²) in [5, 5.41) is 0. The number of amides is 2. The smallest absolute Gasteiger partial charge is 0.209 e. The molecule has 0 bridgehead atoms. The Hall–Kier alpha value is -1.14. The fourth-order valence-corrected chi connectivity index (χ4v) is 0.0962. The van der Waals surface area contributed by atoms with Crippen LogP contribution in [-0.4, -0.2) is 71.3 Å². The molecular weight excluding hydrogens is 212 g/mol. The second-order valence-corrected chi connectivity index (χ2v) is 3.18. The quantitative estimate of drug-likeness (QED) is 0.510. The van der Waals surface area contributed by atoms with Crippen LogP contribution in [0.3, 0.4) is 0 Å². The van der Waals surface area contributed by atoms with E-state index in [1.807, 2.05) is 6.92 Å². The van der Waals surface area contributed by atoms with Gasteiger partial charge in [-0.1, -0.05) is 0 Å². The van der Waals surface area contributed by atoms with Gasteiger partial charge in [-0.15, -0.1) is 0 Å². The number of nitrogens with zero attached hydrogens (tertiary/aromatic N) is 2. The van der Waals surface area contributed by atoms with Crippen molar-refractivity contribution in [1.29, 1.82) is 0 Å². The van der Waals surface area contributed by atoms with Crippen LogP contribution in [-0.2, 0) is 19.1 Å². The van der Waals surface area contributed by atoms with Crippen molar-refractivity contribution in [3.05, 3.63) is 0 Å². The molecule has 6 heteroatoms. The third-order valence-corrected chi connectivity index (χ3v) is 1.09. The number of rotatable bonds is 4. The summed E-state index contributed by atoms with van der Waals surface area (Å²) in [6, 6.07) is 0. The zero-order valence-electron chi connectivity index (χ0n) is 11.3. The Kier molecular flexibility index (Phi) is 20.7. The van der Waals surface area contributed by atoms with Crippen LogP contribution in [0.5, 0.6) is 0 Å². The molecule has 0 saturated heterocycles. The third kappa shape index (κ3) is 38.4. The Morgan fingerprint density at radius 1 is 0.875 bits per heavy atom. The first-order valence-corrected chi connectivity index (χ1v) is 4.64. The number of methoxy groups -OCH3 is 2. The van der Waals surface area contributed by atoms with Crippen LogP contribution in [0.15, 0.2) is 0 Å². The minimum Gasteiger partial charge on any atom is -0.356 e. The van der Waals surface area contributed by atoms with E-state index in [0.29, 0.717) is 0 Å². The average Bonchev–Trinajstić information content (AvgIpc) is 2.29. The highest BCUT2D eigenvalue weighted by Crippen LogP contribution is 1.82. The van der Waals surface area contributed by atoms with Crippen molar-refractivity contribution in [3.63, 3.8) is 0 Å². The van der Waals surface area contributed by atoms with Gasteiger partial charge in [0.2, 0.25) is 12.8 Å². The molecule has 0 fully saturated rings. The monoisotopic (exact) mass is 236 g/mol. The Labute approximate surface area is 98.1 Å². The summed E-state index contributed by atoms with van der Waals surface area (Å²) in [6.07, 6.45) is 1.44. The molecule has 16 heavy (non-hydrogen) atoms. The maximum atomic E-state index is 9.43. The van der Waals surface area contributed by atoms with E-state index in [1.54, 1.807) is 42.4 Å². The molecular formula is C10H24N2O4. The molecule has 0 radical (unpaired) electrons. The van der Waals surface area contributed by atoms with Gasteiger partial charge in [-0.05, 0) is 6.92 Å². The second kappa shape index (κ2) is 16.3. The van der Waals surface area contributed by atoms with E-state index < -0.39 is 0 Å². The fourth-order valence-electron chi connectivity index (χ4n) is 0.0962. The van der Waals surface area contributed by atoms with Gasteiger partial charge in [0.05, 0.1) is 0 Å². The van der Waals surface area contributed by atoms with Gasteiger partial charge >= 0.3 is 0 Å². The van der Waals surface area contributed by atoms with Gasteiger partial charge in [0.25, 0.3) is 0 Å². The Morgan fingerprint density at radius 3 is 1.06 bits per heavy atom. The predicted molar refractivity (Wildman–Crippen MR) is 63.0 cm³/mol. The largest absolute Gasteiger partial charge is 0.356 e. The summed E-state index contributed by atoms with van der Waals surface area (Å²) < 4.78 is 9.35. The van der Waals surface area contributed by atoms with Crippen molar-refractivity contribution in [3.8, 4) is 0 Å². The zero-order chi connectivity index (χ0) is 13.6. The van der Waals surface area contributed by atoms with Crippen LogP contribution in [0.4, 0.5) is 0 Å². The summed E-state index contributed by atoms with van der Waals surface area (Å²) in [6.45, 7) is 1.83. The van der Waals surface area contributed by atoms with E-state index in [1.165, 1.54) is 9.80 Å². The molecule has 0 atom stereocenters.